The van der Waals surface area contributed by atoms with Gasteiger partial charge in [0, 0.05) is 29.5 Å². The van der Waals surface area contributed by atoms with Crippen molar-refractivity contribution in [3.63, 3.8) is 0 Å². The van der Waals surface area contributed by atoms with Crippen LogP contribution in [0.15, 0.2) is 24.3 Å². The summed E-state index contributed by atoms with van der Waals surface area (Å²) in [5.74, 6) is 0.727. The Hall–Kier alpha value is -1.52. The number of allylic oxidation sites excluding steroid dienone is 1. The first-order valence-corrected chi connectivity index (χ1v) is 9.60. The lowest BCUT2D eigenvalue weighted by Gasteiger charge is -2.62. The maximum absolute atomic E-state index is 12.0. The maximum Gasteiger partial charge on any atom is 0.161 e. The summed E-state index contributed by atoms with van der Waals surface area (Å²) in [4.78, 5) is 2.51. The van der Waals surface area contributed by atoms with E-state index in [4.69, 9.17) is 0 Å². The number of nitrogens with zero attached hydrogens (tertiary/aromatic N) is 1. The van der Waals surface area contributed by atoms with Crippen LogP contribution in [0.5, 0.6) is 11.5 Å². The average Bonchev–Trinajstić information content (AvgIpc) is 3.27. The predicted octanol–water partition coefficient (Wildman–Crippen LogP) is 2.56. The van der Waals surface area contributed by atoms with Gasteiger partial charge in [0.05, 0.1) is 11.6 Å². The van der Waals surface area contributed by atoms with Crippen molar-refractivity contribution >= 4 is 0 Å². The third-order valence-corrected chi connectivity index (χ3v) is 8.04. The molecular formula is C21H25NO3. The molecule has 2 bridgehead atoms. The van der Waals surface area contributed by atoms with Gasteiger partial charge in [0.2, 0.25) is 0 Å². The second kappa shape index (κ2) is 4.07. The number of likely N-dealkylation sites (tertiary alicyclic amines) is 1. The molecule has 0 aromatic heterocycles. The zero-order valence-electron chi connectivity index (χ0n) is 14.5. The summed E-state index contributed by atoms with van der Waals surface area (Å²) in [5.41, 5.74) is 1.78. The van der Waals surface area contributed by atoms with Crippen LogP contribution in [0.4, 0.5) is 0 Å². The first-order chi connectivity index (χ1) is 11.9. The van der Waals surface area contributed by atoms with Crippen molar-refractivity contribution in [2.45, 2.75) is 61.0 Å². The fourth-order valence-electron chi connectivity index (χ4n) is 7.12. The topological polar surface area (TPSA) is 63.9 Å². The molecule has 1 aromatic carbocycles. The first-order valence-electron chi connectivity index (χ1n) is 9.60. The van der Waals surface area contributed by atoms with Gasteiger partial charge in [-0.3, -0.25) is 4.90 Å². The van der Waals surface area contributed by atoms with Crippen LogP contribution in [-0.2, 0) is 10.8 Å². The van der Waals surface area contributed by atoms with E-state index in [-0.39, 0.29) is 23.0 Å². The van der Waals surface area contributed by atoms with E-state index < -0.39 is 11.0 Å². The molecule has 5 aliphatic rings. The minimum absolute atomic E-state index is 0.0124. The van der Waals surface area contributed by atoms with Crippen LogP contribution in [0.1, 0.15) is 49.7 Å². The molecule has 1 aliphatic heterocycles. The second-order valence-electron chi connectivity index (χ2n) is 9.40. The average molecular weight is 339 g/mol. The molecule has 1 saturated heterocycles. The highest BCUT2D eigenvalue weighted by Crippen LogP contribution is 2.76. The fourth-order valence-corrected chi connectivity index (χ4v) is 7.12. The third-order valence-electron chi connectivity index (χ3n) is 8.04. The number of aliphatic hydroxyl groups is 1. The second-order valence-corrected chi connectivity index (χ2v) is 9.40. The Bertz CT molecular complexity index is 831. The van der Waals surface area contributed by atoms with Gasteiger partial charge in [0.15, 0.2) is 11.5 Å². The van der Waals surface area contributed by atoms with Gasteiger partial charge < -0.3 is 15.3 Å². The summed E-state index contributed by atoms with van der Waals surface area (Å²) in [6, 6.07) is 3.78. The van der Waals surface area contributed by atoms with Gasteiger partial charge in [-0.15, -0.1) is 0 Å². The zero-order valence-corrected chi connectivity index (χ0v) is 14.5. The van der Waals surface area contributed by atoms with Crippen molar-refractivity contribution in [1.29, 1.82) is 0 Å². The summed E-state index contributed by atoms with van der Waals surface area (Å²) < 4.78 is 0. The van der Waals surface area contributed by atoms with Gasteiger partial charge in [0.25, 0.3) is 0 Å². The summed E-state index contributed by atoms with van der Waals surface area (Å²) >= 11 is 0. The summed E-state index contributed by atoms with van der Waals surface area (Å²) in [7, 11) is 0. The number of hydrogen-bond acceptors (Lipinski definition) is 4. The fraction of sp³-hybridized carbons (Fsp3) is 0.619. The minimum atomic E-state index is -0.820. The number of rotatable bonds is 2. The maximum atomic E-state index is 12.0. The number of benzene rings is 1. The predicted molar refractivity (Wildman–Crippen MR) is 93.8 cm³/mol. The van der Waals surface area contributed by atoms with Crippen molar-refractivity contribution in [2.75, 3.05) is 13.1 Å². The van der Waals surface area contributed by atoms with E-state index in [1.54, 1.807) is 6.07 Å². The highest BCUT2D eigenvalue weighted by molar-refractivity contribution is 5.67. The largest absolute Gasteiger partial charge is 0.504 e. The van der Waals surface area contributed by atoms with E-state index in [0.29, 0.717) is 6.42 Å². The van der Waals surface area contributed by atoms with Crippen LogP contribution in [0.25, 0.3) is 0 Å². The van der Waals surface area contributed by atoms with Crippen molar-refractivity contribution in [2.24, 2.45) is 5.92 Å². The van der Waals surface area contributed by atoms with Crippen molar-refractivity contribution in [3.05, 3.63) is 35.4 Å². The Balaban J connectivity index is 1.57. The molecule has 4 fully saturated rings. The van der Waals surface area contributed by atoms with Gasteiger partial charge in [-0.05, 0) is 56.1 Å². The Morgan fingerprint density at radius 3 is 2.80 bits per heavy atom. The van der Waals surface area contributed by atoms with Gasteiger partial charge in [-0.1, -0.05) is 18.2 Å². The molecule has 4 heteroatoms. The van der Waals surface area contributed by atoms with Gasteiger partial charge in [-0.2, -0.15) is 0 Å². The van der Waals surface area contributed by atoms with Gasteiger partial charge >= 0.3 is 0 Å². The standard InChI is InChI=1S/C21H25NO3/c1-12-6-7-21(25)18-19(11-22(18)9-13-2-3-13)10-20(21,8-12)16-14(19)4-5-15(23)17(16)24/h4-5,13,18,23-25H,1-3,6-11H2. The molecule has 0 radical (unpaired) electrons. The van der Waals surface area contributed by atoms with Crippen molar-refractivity contribution < 1.29 is 15.3 Å². The number of phenols is 2. The normalized spacial score (nSPS) is 44.2. The van der Waals surface area contributed by atoms with Crippen LogP contribution < -0.4 is 0 Å². The Morgan fingerprint density at radius 1 is 1.24 bits per heavy atom. The van der Waals surface area contributed by atoms with Crippen molar-refractivity contribution in [1.82, 2.24) is 4.90 Å². The zero-order chi connectivity index (χ0) is 17.2. The van der Waals surface area contributed by atoms with Crippen LogP contribution in [0, 0.1) is 5.92 Å². The van der Waals surface area contributed by atoms with E-state index in [1.165, 1.54) is 18.4 Å². The molecule has 132 valence electrons. The van der Waals surface area contributed by atoms with E-state index in [1.807, 2.05) is 6.07 Å². The molecule has 4 unspecified atom stereocenters. The molecule has 1 heterocycles. The smallest absolute Gasteiger partial charge is 0.161 e. The third kappa shape index (κ3) is 1.42. The minimum Gasteiger partial charge on any atom is -0.504 e. The Kier molecular flexibility index (Phi) is 2.38. The molecule has 2 spiro atoms. The van der Waals surface area contributed by atoms with Crippen LogP contribution in [-0.4, -0.2) is 45.0 Å². The Labute approximate surface area is 147 Å². The van der Waals surface area contributed by atoms with Crippen LogP contribution in [0.3, 0.4) is 0 Å². The lowest BCUT2D eigenvalue weighted by atomic mass is 9.55. The summed E-state index contributed by atoms with van der Waals surface area (Å²) in [6.07, 6.45) is 5.82. The highest BCUT2D eigenvalue weighted by atomic mass is 16.3. The summed E-state index contributed by atoms with van der Waals surface area (Å²) in [5, 5.41) is 32.8. The highest BCUT2D eigenvalue weighted by Gasteiger charge is 2.81. The number of aromatic hydroxyl groups is 2. The molecule has 0 amide bonds. The lowest BCUT2D eigenvalue weighted by molar-refractivity contribution is -0.143. The number of phenolic OH excluding ortho intramolecular Hbond substituents is 2. The number of hydrogen-bond donors (Lipinski definition) is 3. The monoisotopic (exact) mass is 339 g/mol. The molecule has 4 aliphatic carbocycles. The van der Waals surface area contributed by atoms with Gasteiger partial charge in [-0.25, -0.2) is 0 Å². The number of fused-ring (bicyclic) bond motifs is 2. The molecule has 1 aromatic rings. The summed E-state index contributed by atoms with van der Waals surface area (Å²) in [6.45, 7) is 6.30. The lowest BCUT2D eigenvalue weighted by Crippen LogP contribution is -2.74. The van der Waals surface area contributed by atoms with E-state index in [0.717, 1.165) is 49.4 Å². The van der Waals surface area contributed by atoms with E-state index in [9.17, 15) is 15.3 Å². The quantitative estimate of drug-likeness (QED) is 0.572. The molecule has 4 nitrogen and oxygen atoms in total. The molecule has 6 rings (SSSR count). The molecular weight excluding hydrogens is 314 g/mol. The Morgan fingerprint density at radius 2 is 2.04 bits per heavy atom. The van der Waals surface area contributed by atoms with Crippen LogP contribution >= 0.6 is 0 Å². The molecule has 25 heavy (non-hydrogen) atoms. The van der Waals surface area contributed by atoms with Crippen LogP contribution in [0.2, 0.25) is 0 Å². The first kappa shape index (κ1) is 14.6. The molecule has 3 N–H and O–H groups in total. The molecule has 3 saturated carbocycles. The SMILES string of the molecule is C=C1CCC2(O)C3N(CC4CC4)CC34CC2(C1)c1c4ccc(O)c1O. The van der Waals surface area contributed by atoms with Gasteiger partial charge in [0.1, 0.15) is 0 Å². The van der Waals surface area contributed by atoms with E-state index in [2.05, 4.69) is 11.5 Å². The molecule has 4 atom stereocenters. The van der Waals surface area contributed by atoms with E-state index >= 15 is 0 Å². The van der Waals surface area contributed by atoms with Crippen molar-refractivity contribution in [3.8, 4) is 11.5 Å².